The van der Waals surface area contributed by atoms with Crippen molar-refractivity contribution in [1.82, 2.24) is 34.8 Å². The summed E-state index contributed by atoms with van der Waals surface area (Å²) in [5, 5.41) is 48.4. The molecule has 5 rings (SSSR count). The zero-order valence-corrected chi connectivity index (χ0v) is 26.4. The van der Waals surface area contributed by atoms with Crippen molar-refractivity contribution in [2.45, 2.75) is 50.0 Å². The topological polar surface area (TPSA) is 341 Å². The number of carboxylic acid groups (broad SMARTS) is 2. The Balaban J connectivity index is 0.000000276. The van der Waals surface area contributed by atoms with Crippen LogP contribution < -0.4 is 33.1 Å². The Kier molecular flexibility index (Phi) is 11.7. The Morgan fingerprint density at radius 3 is 2.32 bits per heavy atom. The number of aliphatic hydroxyl groups is 3. The van der Waals surface area contributed by atoms with Crippen LogP contribution in [0.1, 0.15) is 35.1 Å². The average Bonchev–Trinajstić information content (AvgIpc) is 3.35. The maximum absolute atomic E-state index is 12.4. The Labute approximate surface area is 282 Å². The first-order valence-corrected chi connectivity index (χ1v) is 14.8. The number of anilines is 4. The molecule has 1 aliphatic rings. The highest BCUT2D eigenvalue weighted by Gasteiger charge is 2.43. The Morgan fingerprint density at radius 1 is 1.02 bits per heavy atom. The lowest BCUT2D eigenvalue weighted by molar-refractivity contribution is -0.140. The molecular formula is C29H35N11O10. The van der Waals surface area contributed by atoms with Crippen molar-refractivity contribution in [2.24, 2.45) is 0 Å². The molecule has 1 saturated heterocycles. The molecule has 3 aromatic heterocycles. The van der Waals surface area contributed by atoms with E-state index in [0.717, 1.165) is 10.3 Å². The number of ether oxygens (including phenoxy) is 1. The number of hydrogen-bond acceptors (Lipinski definition) is 17. The minimum atomic E-state index is -1.31. The molecule has 50 heavy (non-hydrogen) atoms. The first-order valence-electron chi connectivity index (χ1n) is 14.8. The minimum absolute atomic E-state index is 0.0138. The highest BCUT2D eigenvalue weighted by Crippen LogP contribution is 2.28. The molecule has 1 aromatic carbocycles. The molecule has 266 valence electrons. The molecule has 21 nitrogen and oxygen atoms in total. The van der Waals surface area contributed by atoms with Crippen LogP contribution in [0.5, 0.6) is 0 Å². The number of fused-ring (bicyclic) bond motifs is 1. The third-order valence-electron chi connectivity index (χ3n) is 7.36. The van der Waals surface area contributed by atoms with Crippen LogP contribution in [-0.4, -0.2) is 111 Å². The highest BCUT2D eigenvalue weighted by atomic mass is 16.6. The second-order valence-electron chi connectivity index (χ2n) is 11.0. The van der Waals surface area contributed by atoms with Crippen LogP contribution in [0.2, 0.25) is 0 Å². The molecule has 1 amide bonds. The number of hydrogen-bond donors (Lipinski definition) is 9. The number of nitrogen functional groups attached to an aromatic ring is 3. The molecule has 21 heteroatoms. The number of aromatic nitrogens is 6. The predicted octanol–water partition coefficient (Wildman–Crippen LogP) is -2.29. The fourth-order valence-corrected chi connectivity index (χ4v) is 4.76. The molecule has 5 atom stereocenters. The van der Waals surface area contributed by atoms with E-state index < -0.39 is 60.7 Å². The molecule has 1 aliphatic heterocycles. The number of carbonyl (C=O) groups is 3. The number of amides is 1. The van der Waals surface area contributed by atoms with E-state index in [1.807, 2.05) is 11.9 Å². The van der Waals surface area contributed by atoms with Gasteiger partial charge in [-0.05, 0) is 36.8 Å². The third kappa shape index (κ3) is 8.90. The van der Waals surface area contributed by atoms with E-state index in [1.165, 1.54) is 24.4 Å². The van der Waals surface area contributed by atoms with E-state index in [0.29, 0.717) is 23.4 Å². The van der Waals surface area contributed by atoms with E-state index in [9.17, 15) is 34.5 Å². The van der Waals surface area contributed by atoms with E-state index in [2.05, 4.69) is 30.2 Å². The van der Waals surface area contributed by atoms with Crippen molar-refractivity contribution in [2.75, 3.05) is 35.8 Å². The van der Waals surface area contributed by atoms with Gasteiger partial charge in [0.05, 0.1) is 25.0 Å². The van der Waals surface area contributed by atoms with Crippen molar-refractivity contribution in [1.29, 1.82) is 0 Å². The first-order chi connectivity index (χ1) is 23.7. The van der Waals surface area contributed by atoms with E-state index in [1.54, 1.807) is 18.3 Å². The normalized spacial score (nSPS) is 18.9. The van der Waals surface area contributed by atoms with E-state index >= 15 is 0 Å². The van der Waals surface area contributed by atoms with Crippen molar-refractivity contribution in [3.05, 3.63) is 64.5 Å². The van der Waals surface area contributed by atoms with Gasteiger partial charge in [0.2, 0.25) is 5.95 Å². The van der Waals surface area contributed by atoms with Gasteiger partial charge in [0, 0.05) is 30.9 Å². The summed E-state index contributed by atoms with van der Waals surface area (Å²) in [5.74, 6) is -2.85. The molecule has 0 unspecified atom stereocenters. The fourth-order valence-electron chi connectivity index (χ4n) is 4.76. The minimum Gasteiger partial charge on any atom is -0.481 e. The summed E-state index contributed by atoms with van der Waals surface area (Å²) < 4.78 is 6.19. The number of aliphatic hydroxyl groups excluding tert-OH is 3. The molecule has 12 N–H and O–H groups in total. The molecular weight excluding hydrogens is 662 g/mol. The molecule has 0 spiro atoms. The standard InChI is InChI=1S/C20H22N8O5.C9H13N3O5/c1-28(9-11-8-23-17-15(24-11)16(21)26-20(22)27-17)12-4-2-10(3-5-12)18(31)25-13(19(32)33)6-7-14(29)30;10-5-1-2-12(9(16)11-5)8-7(15)6(14)4(3-13)17-8/h2-5,8,13H,6-7,9H2,1H3,(H,25,31)(H,29,30)(H,32,33)(H4,21,22,23,26,27);1-2,4,6-8,13-15H,3H2,(H2,10,11,16)/t13-;4-,6-,7+,8-/m01/s1. The van der Waals surface area contributed by atoms with Crippen LogP contribution in [0.4, 0.5) is 23.3 Å². The number of rotatable bonds is 11. The number of carboxylic acids is 2. The zero-order valence-electron chi connectivity index (χ0n) is 26.4. The van der Waals surface area contributed by atoms with Gasteiger partial charge in [-0.3, -0.25) is 14.2 Å². The van der Waals surface area contributed by atoms with Crippen LogP contribution in [0.25, 0.3) is 11.2 Å². The molecule has 4 heterocycles. The third-order valence-corrected chi connectivity index (χ3v) is 7.36. The summed E-state index contributed by atoms with van der Waals surface area (Å²) in [6.45, 7) is -0.0829. The summed E-state index contributed by atoms with van der Waals surface area (Å²) in [5.41, 5.74) is 18.3. The number of aliphatic carboxylic acids is 2. The average molecular weight is 698 g/mol. The summed E-state index contributed by atoms with van der Waals surface area (Å²) >= 11 is 0. The van der Waals surface area contributed by atoms with Crippen LogP contribution in [0.15, 0.2) is 47.5 Å². The van der Waals surface area contributed by atoms with Crippen molar-refractivity contribution >= 4 is 52.3 Å². The van der Waals surface area contributed by atoms with Gasteiger partial charge < -0.3 is 57.7 Å². The Hall–Kier alpha value is -6.03. The lowest BCUT2D eigenvalue weighted by atomic mass is 10.1. The maximum atomic E-state index is 12.4. The van der Waals surface area contributed by atoms with Gasteiger partial charge in [0.1, 0.15) is 30.2 Å². The van der Waals surface area contributed by atoms with E-state index in [-0.39, 0.29) is 36.0 Å². The second kappa shape index (κ2) is 15.9. The van der Waals surface area contributed by atoms with Crippen LogP contribution >= 0.6 is 0 Å². The smallest absolute Gasteiger partial charge is 0.351 e. The number of benzene rings is 1. The maximum Gasteiger partial charge on any atom is 0.351 e. The van der Waals surface area contributed by atoms with Gasteiger partial charge in [-0.1, -0.05) is 0 Å². The van der Waals surface area contributed by atoms with Gasteiger partial charge in [-0.2, -0.15) is 15.0 Å². The number of nitrogens with two attached hydrogens (primary N) is 3. The number of carbonyl (C=O) groups excluding carboxylic acids is 1. The quantitative estimate of drug-likeness (QED) is 0.0795. The largest absolute Gasteiger partial charge is 0.481 e. The van der Waals surface area contributed by atoms with Crippen molar-refractivity contribution in [3.63, 3.8) is 0 Å². The van der Waals surface area contributed by atoms with Gasteiger partial charge in [0.25, 0.3) is 5.91 Å². The summed E-state index contributed by atoms with van der Waals surface area (Å²) in [4.78, 5) is 67.7. The molecule has 4 aromatic rings. The molecule has 0 bridgehead atoms. The SMILES string of the molecule is CN(Cc1cnc2nc(N)nc(N)c2n1)c1ccc(C(=O)N[C@@H](CCC(=O)O)C(=O)O)cc1.Nc1ccn([C@@H]2O[C@H](CO)[C@@H](O)[C@@H]2O)c(=O)n1. The Morgan fingerprint density at radius 2 is 1.72 bits per heavy atom. The van der Waals surface area contributed by atoms with Crippen molar-refractivity contribution < 1.29 is 44.7 Å². The summed E-state index contributed by atoms with van der Waals surface area (Å²) in [7, 11) is 1.82. The Bertz CT molecular complexity index is 1910. The van der Waals surface area contributed by atoms with Gasteiger partial charge in [-0.25, -0.2) is 19.6 Å². The lowest BCUT2D eigenvalue weighted by Crippen LogP contribution is -2.41. The molecule has 0 aliphatic carbocycles. The van der Waals surface area contributed by atoms with E-state index in [4.69, 9.17) is 32.2 Å². The van der Waals surface area contributed by atoms with Crippen molar-refractivity contribution in [3.8, 4) is 0 Å². The number of nitrogens with zero attached hydrogens (tertiary/aromatic N) is 7. The van der Waals surface area contributed by atoms with Gasteiger partial charge >= 0.3 is 17.6 Å². The number of nitrogens with one attached hydrogen (secondary N) is 1. The fraction of sp³-hybridized carbons (Fsp3) is 0.345. The first kappa shape index (κ1) is 36.8. The molecule has 0 radical (unpaired) electrons. The zero-order chi connectivity index (χ0) is 36.7. The van der Waals surface area contributed by atoms with Gasteiger partial charge in [0.15, 0.2) is 23.2 Å². The van der Waals surface area contributed by atoms with Crippen LogP contribution in [-0.2, 0) is 20.9 Å². The van der Waals surface area contributed by atoms with Gasteiger partial charge in [-0.15, -0.1) is 0 Å². The second-order valence-corrected chi connectivity index (χ2v) is 11.0. The summed E-state index contributed by atoms with van der Waals surface area (Å²) in [6.07, 6.45) is -2.30. The molecule has 0 saturated carbocycles. The summed E-state index contributed by atoms with van der Waals surface area (Å²) in [6, 6.07) is 6.53. The van der Waals surface area contributed by atoms with Crippen LogP contribution in [0, 0.1) is 0 Å². The monoisotopic (exact) mass is 697 g/mol. The highest BCUT2D eigenvalue weighted by molar-refractivity contribution is 5.97. The predicted molar refractivity (Wildman–Crippen MR) is 174 cm³/mol. The lowest BCUT2D eigenvalue weighted by Gasteiger charge is -2.19. The van der Waals surface area contributed by atoms with Crippen LogP contribution in [0.3, 0.4) is 0 Å². The molecule has 1 fully saturated rings.